The number of aliphatic hydroxyl groups is 1. The van der Waals surface area contributed by atoms with Gasteiger partial charge in [-0.05, 0) is 129 Å². The second-order valence-corrected chi connectivity index (χ2v) is 23.1. The van der Waals surface area contributed by atoms with Crippen molar-refractivity contribution in [3.63, 3.8) is 0 Å². The van der Waals surface area contributed by atoms with Crippen LogP contribution in [-0.4, -0.2) is 102 Å². The predicted octanol–water partition coefficient (Wildman–Crippen LogP) is 13.5. The van der Waals surface area contributed by atoms with Crippen LogP contribution in [0.15, 0.2) is 89.4 Å². The average molecular weight is 1110 g/mol. The van der Waals surface area contributed by atoms with Gasteiger partial charge in [0.25, 0.3) is 6.01 Å². The van der Waals surface area contributed by atoms with E-state index in [0.29, 0.717) is 35.1 Å². The number of oxazole rings is 1. The number of carboxylic acid groups (broad SMARTS) is 1. The van der Waals surface area contributed by atoms with E-state index in [1.807, 2.05) is 93.2 Å². The van der Waals surface area contributed by atoms with Crippen molar-refractivity contribution in [2.24, 2.45) is 11.3 Å². The number of carbonyl (C=O) groups excluding carboxylic acids is 3. The number of benzene rings is 4. The van der Waals surface area contributed by atoms with E-state index in [-0.39, 0.29) is 57.1 Å². The molecule has 0 bridgehead atoms. The van der Waals surface area contributed by atoms with Crippen LogP contribution < -0.4 is 25.6 Å². The van der Waals surface area contributed by atoms with Gasteiger partial charge >= 0.3 is 5.97 Å². The van der Waals surface area contributed by atoms with E-state index in [4.69, 9.17) is 30.8 Å². The Morgan fingerprint density at radius 2 is 1.78 bits per heavy atom. The third-order valence-corrected chi connectivity index (χ3v) is 18.2. The molecule has 0 radical (unpaired) electrons. The normalized spacial score (nSPS) is 19.3. The van der Waals surface area contributed by atoms with Crippen LogP contribution >= 0.6 is 34.9 Å². The maximum atomic E-state index is 13.2. The number of nitrogens with zero attached hydrogens (tertiary/aromatic N) is 3. The zero-order valence-corrected chi connectivity index (χ0v) is 48.8. The molecule has 5 N–H and O–H groups in total. The molecule has 1 saturated heterocycles. The van der Waals surface area contributed by atoms with Crippen LogP contribution in [-0.2, 0) is 15.3 Å². The molecule has 5 atom stereocenters. The second-order valence-electron chi connectivity index (χ2n) is 20.7. The Kier molecular flexibility index (Phi) is 21.2. The summed E-state index contributed by atoms with van der Waals surface area (Å²) in [5, 5.41) is 29.1. The molecule has 5 unspecified atom stereocenters. The summed E-state index contributed by atoms with van der Waals surface area (Å²) in [5.41, 5.74) is 6.90. The molecule has 77 heavy (non-hydrogen) atoms. The predicted molar refractivity (Wildman–Crippen MR) is 317 cm³/mol. The smallest absolute Gasteiger partial charge is 0.349 e. The van der Waals surface area contributed by atoms with Gasteiger partial charge in [0.2, 0.25) is 5.91 Å². The number of aromatic carboxylic acids is 1. The van der Waals surface area contributed by atoms with E-state index >= 15 is 0 Å². The minimum Gasteiger partial charge on any atom is -0.483 e. The monoisotopic (exact) mass is 1110 g/mol. The summed E-state index contributed by atoms with van der Waals surface area (Å²) in [5.74, 6) is 0.0573. The number of hydrogen-bond acceptors (Lipinski definition) is 14. The van der Waals surface area contributed by atoms with Crippen molar-refractivity contribution < 1.29 is 38.5 Å². The van der Waals surface area contributed by atoms with Crippen molar-refractivity contribution in [3.05, 3.63) is 112 Å². The number of allylic oxidation sites excluding steroid dienone is 2. The second kappa shape index (κ2) is 27.1. The largest absolute Gasteiger partial charge is 0.483 e. The molecule has 1 saturated carbocycles. The number of amides is 1. The number of aromatic nitrogens is 1. The number of thiophene rings is 1. The van der Waals surface area contributed by atoms with Crippen LogP contribution in [0.5, 0.6) is 5.75 Å². The first kappa shape index (κ1) is 60.3. The van der Waals surface area contributed by atoms with E-state index in [1.165, 1.54) is 5.56 Å². The molecule has 14 nitrogen and oxygen atoms in total. The van der Waals surface area contributed by atoms with E-state index in [9.17, 15) is 24.3 Å². The van der Waals surface area contributed by atoms with Crippen molar-refractivity contribution in [1.29, 1.82) is 0 Å². The molecular weight excluding hydrogens is 1030 g/mol. The lowest BCUT2D eigenvalue weighted by Gasteiger charge is -2.46. The highest BCUT2D eigenvalue weighted by Gasteiger charge is 2.42. The van der Waals surface area contributed by atoms with Gasteiger partial charge in [-0.15, -0.1) is 11.3 Å². The highest BCUT2D eigenvalue weighted by Crippen LogP contribution is 2.51. The van der Waals surface area contributed by atoms with Gasteiger partial charge < -0.3 is 40.2 Å². The van der Waals surface area contributed by atoms with Crippen molar-refractivity contribution in [1.82, 2.24) is 14.6 Å². The number of nitrogens with one attached hydrogen (secondary N) is 3. The van der Waals surface area contributed by atoms with Crippen molar-refractivity contribution in [3.8, 4) is 16.2 Å². The number of rotatable bonds is 20. The number of aliphatic hydroxyl groups excluding tert-OH is 1. The number of hydrogen-bond donors (Lipinski definition) is 5. The van der Waals surface area contributed by atoms with Gasteiger partial charge in [-0.2, -0.15) is 4.98 Å². The van der Waals surface area contributed by atoms with Gasteiger partial charge in [-0.25, -0.2) is 9.10 Å². The number of anilines is 3. The molecule has 2 fully saturated rings. The Bertz CT molecular complexity index is 3030. The summed E-state index contributed by atoms with van der Waals surface area (Å²) in [6.45, 7) is 18.1. The molecule has 414 valence electrons. The summed E-state index contributed by atoms with van der Waals surface area (Å²) in [6, 6.07) is 24.7. The number of likely N-dealkylation sites (N-methyl/N-ethyl adjacent to an activating group) is 2. The van der Waals surface area contributed by atoms with Crippen LogP contribution in [0.2, 0.25) is 5.02 Å². The first-order chi connectivity index (χ1) is 37.0. The minimum absolute atomic E-state index is 0.0124. The number of piperidine rings is 1. The average Bonchev–Trinajstić information content (AvgIpc) is 4.01. The van der Waals surface area contributed by atoms with Crippen molar-refractivity contribution in [2.45, 2.75) is 129 Å². The molecule has 2 aliphatic rings. The van der Waals surface area contributed by atoms with Crippen LogP contribution in [0, 0.1) is 11.3 Å². The molecule has 8 rings (SSSR count). The number of fused-ring (bicyclic) bond motifs is 2. The van der Waals surface area contributed by atoms with Crippen LogP contribution in [0.25, 0.3) is 32.3 Å². The van der Waals surface area contributed by atoms with Crippen LogP contribution in [0.1, 0.15) is 131 Å². The number of carbonyl (C=O) groups is 4. The lowest BCUT2D eigenvalue weighted by atomic mass is 9.61. The standard InChI is InChI=1S/C57H67ClN6O7S2.C2H6.CH4O/c1-9-10-11-18-46(53(67)59-7)63(8)45-21-20-41(42-17-13-15-37(32-66)48(42)45)43-29-40(30-56(3,4)34(43)2)61-55-62-44-27-35(19-22-47(44)71-55)33-72-64-24-23-39(31-57(64,5)6)60-38-16-12-14-36(28-38)51-49(58)50(70-26-25-65)52(73-51)54(68)69;2*1-2/h9-10,12-17,19-22,25,27-28,32,34,39-40,43,46,60H,11,18,23-24,26,29-31,33H2,1-8H3,(H,59,67)(H,61,62)(H,68,69);1-2H3;2H,1H3/b10-9-;;. The van der Waals surface area contributed by atoms with Crippen molar-refractivity contribution in [2.75, 3.05) is 49.9 Å². The molecule has 1 amide bonds. The Labute approximate surface area is 467 Å². The Balaban J connectivity index is 0.00000235. The molecular formula is C60H77ClN6O8S2. The van der Waals surface area contributed by atoms with Crippen LogP contribution in [0.4, 0.5) is 17.4 Å². The number of aldehydes is 2. The van der Waals surface area contributed by atoms with Crippen molar-refractivity contribution >= 4 is 98.6 Å². The summed E-state index contributed by atoms with van der Waals surface area (Å²) in [7, 11) is 4.62. The summed E-state index contributed by atoms with van der Waals surface area (Å²) in [4.78, 5) is 56.4. The molecule has 1 aliphatic heterocycles. The zero-order chi connectivity index (χ0) is 56.2. The SMILES string of the molecule is C/C=C\CCC(C(=O)NC)N(C)c1ccc(C2CC(Nc3nc4cc(CSN5CCC(Nc6cccc(-c7sc(C(=O)O)c(OCC=O)c7Cl)c6)CC5(C)C)ccc4o3)CC(C)(C)C2C)c2cccc(C=O)c12.CC.CO. The number of carboxylic acids is 1. The van der Waals surface area contributed by atoms with E-state index < -0.39 is 12.0 Å². The quantitative estimate of drug-likeness (QED) is 0.0276. The fourth-order valence-corrected chi connectivity index (χ4v) is 13.6. The summed E-state index contributed by atoms with van der Waals surface area (Å²) < 4.78 is 14.3. The maximum Gasteiger partial charge on any atom is 0.349 e. The molecule has 6 aromatic rings. The van der Waals surface area contributed by atoms with Gasteiger partial charge in [0.05, 0.1) is 4.88 Å². The molecule has 3 heterocycles. The summed E-state index contributed by atoms with van der Waals surface area (Å²) >= 11 is 9.48. The minimum atomic E-state index is -1.16. The molecule has 1 aliphatic carbocycles. The highest BCUT2D eigenvalue weighted by molar-refractivity contribution is 7.96. The Morgan fingerprint density at radius 3 is 2.47 bits per heavy atom. The molecule has 2 aromatic heterocycles. The molecule has 4 aromatic carbocycles. The first-order valence-electron chi connectivity index (χ1n) is 26.5. The topological polar surface area (TPSA) is 187 Å². The Morgan fingerprint density at radius 1 is 1.03 bits per heavy atom. The maximum absolute atomic E-state index is 13.2. The summed E-state index contributed by atoms with van der Waals surface area (Å²) in [6.07, 6.45) is 10.6. The highest BCUT2D eigenvalue weighted by atomic mass is 35.5. The van der Waals surface area contributed by atoms with Gasteiger partial charge in [0.15, 0.2) is 28.8 Å². The van der Waals surface area contributed by atoms with Gasteiger partial charge in [0, 0.05) is 73.4 Å². The fraction of sp³-hybridized carbons (Fsp3) is 0.450. The zero-order valence-electron chi connectivity index (χ0n) is 46.4. The third-order valence-electron chi connectivity index (χ3n) is 15.1. The first-order valence-corrected chi connectivity index (χ1v) is 28.7. The number of ether oxygens (including phenoxy) is 1. The lowest BCUT2D eigenvalue weighted by Crippen LogP contribution is -2.49. The fourth-order valence-electron chi connectivity index (χ4n) is 11.0. The Hall–Kier alpha value is -5.91. The van der Waals surface area contributed by atoms with Gasteiger partial charge in [-0.3, -0.25) is 14.4 Å². The van der Waals surface area contributed by atoms with E-state index in [0.717, 1.165) is 114 Å². The molecule has 17 heteroatoms. The van der Waals surface area contributed by atoms with E-state index in [2.05, 4.69) is 91.3 Å². The number of halogens is 1. The van der Waals surface area contributed by atoms with Crippen LogP contribution in [0.3, 0.4) is 0 Å². The third kappa shape index (κ3) is 13.9. The van der Waals surface area contributed by atoms with Gasteiger partial charge in [0.1, 0.15) is 23.2 Å². The van der Waals surface area contributed by atoms with Gasteiger partial charge in [-0.1, -0.05) is 113 Å². The molecule has 0 spiro atoms. The van der Waals surface area contributed by atoms with E-state index in [1.54, 1.807) is 7.05 Å². The lowest BCUT2D eigenvalue weighted by molar-refractivity contribution is -0.122.